The Labute approximate surface area is 279 Å². The van der Waals surface area contributed by atoms with Crippen molar-refractivity contribution in [1.82, 2.24) is 9.97 Å². The van der Waals surface area contributed by atoms with Crippen LogP contribution in [0.4, 0.5) is 17.5 Å². The molecule has 0 saturated carbocycles. The number of hydrogen-bond donors (Lipinski definition) is 3. The highest BCUT2D eigenvalue weighted by Crippen LogP contribution is 2.44. The van der Waals surface area contributed by atoms with Crippen molar-refractivity contribution in [3.63, 3.8) is 0 Å². The molecule has 0 spiro atoms. The number of hydrogen-bond acceptors (Lipinski definition) is 9. The number of fused-ring (bicyclic) bond motifs is 1. The van der Waals surface area contributed by atoms with Gasteiger partial charge in [0.1, 0.15) is 23.4 Å². The number of nitrogens with two attached hydrogens (primary N) is 2. The molecule has 11 heteroatoms. The number of ether oxygens (including phenoxy) is 2. The number of halogens is 1. The van der Waals surface area contributed by atoms with Crippen molar-refractivity contribution in [1.29, 1.82) is 0 Å². The van der Waals surface area contributed by atoms with E-state index in [1.54, 1.807) is 48.5 Å². The van der Waals surface area contributed by atoms with Gasteiger partial charge in [-0.2, -0.15) is 4.98 Å². The summed E-state index contributed by atoms with van der Waals surface area (Å²) in [7, 11) is 3.03. The lowest BCUT2D eigenvalue weighted by molar-refractivity contribution is -0.143. The lowest BCUT2D eigenvalue weighted by Crippen LogP contribution is -2.59. The summed E-state index contributed by atoms with van der Waals surface area (Å²) in [6.45, 7) is 2.37. The number of aromatic nitrogens is 2. The molecule has 240 valence electrons. The molecule has 0 radical (unpaired) electrons. The number of aliphatic carboxylic acids is 1. The zero-order chi connectivity index (χ0) is 32.8. The van der Waals surface area contributed by atoms with Crippen molar-refractivity contribution >= 4 is 41.6 Å². The molecule has 0 saturated heterocycles. The molecule has 1 aliphatic heterocycles. The molecule has 0 fully saturated rings. The van der Waals surface area contributed by atoms with Crippen LogP contribution in [0.1, 0.15) is 46.0 Å². The number of carboxylic acids is 1. The van der Waals surface area contributed by atoms with Crippen LogP contribution in [0.25, 0.3) is 0 Å². The first-order valence-electron chi connectivity index (χ1n) is 14.6. The van der Waals surface area contributed by atoms with Crippen LogP contribution in [0.15, 0.2) is 72.9 Å². The summed E-state index contributed by atoms with van der Waals surface area (Å²) in [4.78, 5) is 38.5. The highest BCUT2D eigenvalue weighted by atomic mass is 35.5. The van der Waals surface area contributed by atoms with E-state index in [9.17, 15) is 14.7 Å². The number of methoxy groups -OCH3 is 2. The second-order valence-corrected chi connectivity index (χ2v) is 10.6. The van der Waals surface area contributed by atoms with Crippen LogP contribution in [0.5, 0.6) is 11.5 Å². The van der Waals surface area contributed by atoms with Crippen LogP contribution in [-0.2, 0) is 11.2 Å². The van der Waals surface area contributed by atoms with E-state index in [4.69, 9.17) is 20.9 Å². The molecule has 3 aromatic carbocycles. The summed E-state index contributed by atoms with van der Waals surface area (Å²) in [5.41, 5.74) is 12.4. The molecule has 5 rings (SSSR count). The van der Waals surface area contributed by atoms with Gasteiger partial charge in [0.05, 0.1) is 25.3 Å². The predicted octanol–water partition coefficient (Wildman–Crippen LogP) is 4.63. The first-order chi connectivity index (χ1) is 22.2. The number of nitrogens with zero attached hydrogens (tertiary/aromatic N) is 3. The number of benzene rings is 3. The van der Waals surface area contributed by atoms with Gasteiger partial charge < -0.3 is 30.9 Å². The van der Waals surface area contributed by atoms with Crippen LogP contribution in [0.2, 0.25) is 0 Å². The number of carbonyl (C=O) groups excluding carboxylic acids is 1. The topological polar surface area (TPSA) is 154 Å². The van der Waals surface area contributed by atoms with E-state index in [1.165, 1.54) is 20.4 Å². The van der Waals surface area contributed by atoms with Gasteiger partial charge in [0.15, 0.2) is 5.78 Å². The Morgan fingerprint density at radius 2 is 1.60 bits per heavy atom. The number of carboxylic acid groups (broad SMARTS) is 1. The fraction of sp³-hybridized carbons (Fsp3) is 0.222. The lowest BCUT2D eigenvalue weighted by atomic mass is 9.69. The molecule has 0 bridgehead atoms. The fourth-order valence-electron chi connectivity index (χ4n) is 5.58. The summed E-state index contributed by atoms with van der Waals surface area (Å²) < 4.78 is 11.0. The molecule has 1 aliphatic rings. The minimum atomic E-state index is -2.29. The Morgan fingerprint density at radius 1 is 0.957 bits per heavy atom. The van der Waals surface area contributed by atoms with Crippen LogP contribution < -0.4 is 25.8 Å². The van der Waals surface area contributed by atoms with E-state index in [2.05, 4.69) is 33.6 Å². The van der Waals surface area contributed by atoms with Gasteiger partial charge in [0.25, 0.3) is 0 Å². The van der Waals surface area contributed by atoms with E-state index in [-0.39, 0.29) is 36.2 Å². The van der Waals surface area contributed by atoms with E-state index < -0.39 is 23.2 Å². The SMILES string of the molecule is CCCN1c2cccc(Cc3cnc(N)nc3N)c2C(=O)C(C#Cc2ccccc2OC)(C(=O)O)C1C#Cc1ccccc1OC.Cl. The van der Waals surface area contributed by atoms with Crippen molar-refractivity contribution in [2.45, 2.75) is 25.8 Å². The normalized spacial score (nSPS) is 16.4. The van der Waals surface area contributed by atoms with Crippen molar-refractivity contribution < 1.29 is 24.2 Å². The van der Waals surface area contributed by atoms with E-state index >= 15 is 0 Å². The van der Waals surface area contributed by atoms with Gasteiger partial charge in [0, 0.05) is 36.0 Å². The standard InChI is InChI=1S/C36H33N5O5.ClH/c1-4-20-41-27-13-9-12-25(21-26-22-39-35(38)40-33(26)37)31(27)32(42)36(34(43)44,19-18-24-11-6-8-15-29(24)46-3)30(41)17-16-23-10-5-7-14-28(23)45-2;/h5-15,22,30H,4,20-21H2,1-3H3,(H,43,44)(H4,37,38,39,40);1H. The quantitative estimate of drug-likeness (QED) is 0.190. The van der Waals surface area contributed by atoms with Gasteiger partial charge in [-0.3, -0.25) is 4.79 Å². The van der Waals surface area contributed by atoms with E-state index in [0.29, 0.717) is 52.4 Å². The van der Waals surface area contributed by atoms with Gasteiger partial charge >= 0.3 is 5.97 Å². The number of Topliss-reactive ketones (excluding diaryl/α,β-unsaturated/α-hetero) is 1. The fourth-order valence-corrected chi connectivity index (χ4v) is 5.58. The zero-order valence-electron chi connectivity index (χ0n) is 26.1. The monoisotopic (exact) mass is 651 g/mol. The second-order valence-electron chi connectivity index (χ2n) is 10.6. The van der Waals surface area contributed by atoms with Crippen molar-refractivity contribution in [3.05, 3.63) is 101 Å². The third kappa shape index (κ3) is 6.51. The number of para-hydroxylation sites is 2. The third-order valence-corrected chi connectivity index (χ3v) is 7.80. The Hall–Kier alpha value is -5.71. The molecule has 5 N–H and O–H groups in total. The maximum atomic E-state index is 14.9. The molecule has 47 heavy (non-hydrogen) atoms. The second kappa shape index (κ2) is 14.6. The zero-order valence-corrected chi connectivity index (χ0v) is 26.9. The summed E-state index contributed by atoms with van der Waals surface area (Å²) in [5, 5.41) is 11.1. The van der Waals surface area contributed by atoms with E-state index in [1.807, 2.05) is 30.0 Å². The molecule has 4 aromatic rings. The molecular formula is C36H34ClN5O5. The molecule has 2 unspecified atom stereocenters. The molecular weight excluding hydrogens is 618 g/mol. The molecule has 2 heterocycles. The summed E-state index contributed by atoms with van der Waals surface area (Å²) in [6.07, 6.45) is 2.30. The highest BCUT2D eigenvalue weighted by molar-refractivity contribution is 6.21. The Bertz CT molecular complexity index is 1940. The van der Waals surface area contributed by atoms with Gasteiger partial charge in [-0.15, -0.1) is 12.4 Å². The molecule has 0 aliphatic carbocycles. The molecule has 10 nitrogen and oxygen atoms in total. The predicted molar refractivity (Wildman–Crippen MR) is 183 cm³/mol. The van der Waals surface area contributed by atoms with Crippen LogP contribution >= 0.6 is 12.4 Å². The maximum absolute atomic E-state index is 14.9. The minimum Gasteiger partial charge on any atom is -0.495 e. The summed E-state index contributed by atoms with van der Waals surface area (Å²) in [5.74, 6) is 11.2. The van der Waals surface area contributed by atoms with Crippen molar-refractivity contribution in [2.24, 2.45) is 5.41 Å². The number of anilines is 3. The number of ketones is 1. The molecule has 1 aromatic heterocycles. The Kier molecular flexibility index (Phi) is 10.6. The number of rotatable bonds is 7. The smallest absolute Gasteiger partial charge is 0.333 e. The van der Waals surface area contributed by atoms with Crippen LogP contribution in [0, 0.1) is 29.1 Å². The average Bonchev–Trinajstić information content (AvgIpc) is 3.06. The highest BCUT2D eigenvalue weighted by Gasteiger charge is 2.58. The maximum Gasteiger partial charge on any atom is 0.333 e. The third-order valence-electron chi connectivity index (χ3n) is 7.80. The van der Waals surface area contributed by atoms with Gasteiger partial charge in [0.2, 0.25) is 11.4 Å². The van der Waals surface area contributed by atoms with Crippen LogP contribution in [0.3, 0.4) is 0 Å². The first-order valence-corrected chi connectivity index (χ1v) is 14.6. The van der Waals surface area contributed by atoms with Gasteiger partial charge in [-0.25, -0.2) is 9.78 Å². The van der Waals surface area contributed by atoms with Gasteiger partial charge in [-0.05, 0) is 42.3 Å². The average molecular weight is 652 g/mol. The number of nitrogen functional groups attached to an aromatic ring is 2. The van der Waals surface area contributed by atoms with Gasteiger partial charge in [-0.1, -0.05) is 67.0 Å². The lowest BCUT2D eigenvalue weighted by Gasteiger charge is -2.44. The Balaban J connectivity index is 0.00000500. The summed E-state index contributed by atoms with van der Waals surface area (Å²) in [6, 6.07) is 18.3. The van der Waals surface area contributed by atoms with Crippen LogP contribution in [-0.4, -0.2) is 53.6 Å². The molecule has 0 amide bonds. The van der Waals surface area contributed by atoms with E-state index in [0.717, 1.165) is 0 Å². The minimum absolute atomic E-state index is 0. The summed E-state index contributed by atoms with van der Waals surface area (Å²) >= 11 is 0. The number of carbonyl (C=O) groups is 2. The molecule has 2 atom stereocenters. The van der Waals surface area contributed by atoms with Crippen molar-refractivity contribution in [2.75, 3.05) is 37.1 Å². The first kappa shape index (κ1) is 34.2. The Morgan fingerprint density at radius 3 is 2.19 bits per heavy atom. The van der Waals surface area contributed by atoms with Crippen molar-refractivity contribution in [3.8, 4) is 35.2 Å². The largest absolute Gasteiger partial charge is 0.495 e.